The molecule has 162 valence electrons. The summed E-state index contributed by atoms with van der Waals surface area (Å²) in [5.41, 5.74) is 1.24. The van der Waals surface area contributed by atoms with E-state index in [0.29, 0.717) is 18.2 Å². The van der Waals surface area contributed by atoms with Crippen LogP contribution in [0.25, 0.3) is 0 Å². The van der Waals surface area contributed by atoms with Crippen molar-refractivity contribution in [2.75, 3.05) is 63.5 Å². The molecule has 2 fully saturated rings. The highest BCUT2D eigenvalue weighted by Gasteiger charge is 2.23. The van der Waals surface area contributed by atoms with Gasteiger partial charge in [0.15, 0.2) is 5.96 Å². The van der Waals surface area contributed by atoms with Crippen molar-refractivity contribution in [2.45, 2.75) is 25.0 Å². The summed E-state index contributed by atoms with van der Waals surface area (Å²) in [4.78, 5) is 23.7. The van der Waals surface area contributed by atoms with E-state index in [1.807, 2.05) is 18.0 Å². The van der Waals surface area contributed by atoms with E-state index in [1.165, 1.54) is 12.1 Å². The second-order valence-corrected chi connectivity index (χ2v) is 8.68. The van der Waals surface area contributed by atoms with Gasteiger partial charge in [-0.05, 0) is 18.6 Å². The summed E-state index contributed by atoms with van der Waals surface area (Å²) < 4.78 is 0. The normalized spacial score (nSPS) is 20.3. The Morgan fingerprint density at radius 1 is 1.14 bits per heavy atom. The molecule has 6 nitrogen and oxygen atoms in total. The van der Waals surface area contributed by atoms with Gasteiger partial charge in [-0.15, -0.1) is 24.0 Å². The Bertz CT molecular complexity index is 652. The van der Waals surface area contributed by atoms with Crippen LogP contribution in [0.5, 0.6) is 0 Å². The molecule has 0 aliphatic carbocycles. The monoisotopic (exact) mass is 531 g/mol. The van der Waals surface area contributed by atoms with Crippen molar-refractivity contribution >= 4 is 53.3 Å². The molecule has 8 heteroatoms. The van der Waals surface area contributed by atoms with Gasteiger partial charge in [-0.25, -0.2) is 0 Å². The Hall–Kier alpha value is -1.16. The van der Waals surface area contributed by atoms with Crippen LogP contribution in [0.4, 0.5) is 5.69 Å². The van der Waals surface area contributed by atoms with Gasteiger partial charge in [0.2, 0.25) is 5.91 Å². The molecule has 0 radical (unpaired) electrons. The standard InChI is InChI=1S/C21H33N5OS.HI/c1-3-19-17-26(15-16-28-19)21(22-2)23-10-9-20(27)25-13-11-24(12-14-25)18-7-5-4-6-8-18;/h4-8,19H,3,9-17H2,1-2H3,(H,22,23);1H. The lowest BCUT2D eigenvalue weighted by Crippen LogP contribution is -2.50. The third-order valence-corrected chi connectivity index (χ3v) is 6.85. The molecule has 1 aromatic rings. The molecule has 29 heavy (non-hydrogen) atoms. The van der Waals surface area contributed by atoms with Gasteiger partial charge in [-0.1, -0.05) is 25.1 Å². The topological polar surface area (TPSA) is 51.2 Å². The van der Waals surface area contributed by atoms with Crippen molar-refractivity contribution in [1.29, 1.82) is 0 Å². The van der Waals surface area contributed by atoms with Gasteiger partial charge < -0.3 is 20.0 Å². The summed E-state index contributed by atoms with van der Waals surface area (Å²) in [5.74, 6) is 2.31. The van der Waals surface area contributed by atoms with E-state index in [-0.39, 0.29) is 29.9 Å². The molecular weight excluding hydrogens is 497 g/mol. The summed E-state index contributed by atoms with van der Waals surface area (Å²) in [6, 6.07) is 10.4. The zero-order chi connectivity index (χ0) is 19.8. The van der Waals surface area contributed by atoms with Crippen LogP contribution in [-0.2, 0) is 4.79 Å². The smallest absolute Gasteiger partial charge is 0.224 e. The van der Waals surface area contributed by atoms with E-state index in [0.717, 1.165) is 51.0 Å². The summed E-state index contributed by atoms with van der Waals surface area (Å²) in [6.07, 6.45) is 1.70. The van der Waals surface area contributed by atoms with Crippen molar-refractivity contribution in [3.63, 3.8) is 0 Å². The first-order valence-electron chi connectivity index (χ1n) is 10.4. The van der Waals surface area contributed by atoms with Crippen LogP contribution >= 0.6 is 35.7 Å². The lowest BCUT2D eigenvalue weighted by atomic mass is 10.2. The number of hydrogen-bond acceptors (Lipinski definition) is 4. The first-order valence-corrected chi connectivity index (χ1v) is 11.4. The quantitative estimate of drug-likeness (QED) is 0.360. The molecule has 0 aromatic heterocycles. The molecule has 1 N–H and O–H groups in total. The Morgan fingerprint density at radius 2 is 1.86 bits per heavy atom. The van der Waals surface area contributed by atoms with Gasteiger partial charge in [-0.2, -0.15) is 11.8 Å². The zero-order valence-electron chi connectivity index (χ0n) is 17.5. The number of halogens is 1. The maximum atomic E-state index is 12.6. The van der Waals surface area contributed by atoms with Crippen LogP contribution in [0.15, 0.2) is 35.3 Å². The molecule has 1 amide bonds. The number of carbonyl (C=O) groups is 1. The highest BCUT2D eigenvalue weighted by atomic mass is 127. The Labute approximate surface area is 196 Å². The highest BCUT2D eigenvalue weighted by Crippen LogP contribution is 2.21. The summed E-state index contributed by atoms with van der Waals surface area (Å²) >= 11 is 2.05. The minimum Gasteiger partial charge on any atom is -0.368 e. The van der Waals surface area contributed by atoms with Gasteiger partial charge >= 0.3 is 0 Å². The van der Waals surface area contributed by atoms with Gasteiger partial charge in [0.1, 0.15) is 0 Å². The lowest BCUT2D eigenvalue weighted by molar-refractivity contribution is -0.131. The van der Waals surface area contributed by atoms with Crippen molar-refractivity contribution in [3.05, 3.63) is 30.3 Å². The number of aliphatic imine (C=N–C) groups is 1. The summed E-state index contributed by atoms with van der Waals surface area (Å²) in [5, 5.41) is 4.07. The summed E-state index contributed by atoms with van der Waals surface area (Å²) in [7, 11) is 1.83. The number of nitrogens with zero attached hydrogens (tertiary/aromatic N) is 4. The number of carbonyl (C=O) groups excluding carboxylic acids is 1. The number of thioether (sulfide) groups is 1. The zero-order valence-corrected chi connectivity index (χ0v) is 20.7. The van der Waals surface area contributed by atoms with Crippen molar-refractivity contribution in [3.8, 4) is 0 Å². The minimum atomic E-state index is 0. The maximum Gasteiger partial charge on any atom is 0.224 e. The van der Waals surface area contributed by atoms with Crippen molar-refractivity contribution < 1.29 is 4.79 Å². The van der Waals surface area contributed by atoms with E-state index in [4.69, 9.17) is 0 Å². The van der Waals surface area contributed by atoms with E-state index in [9.17, 15) is 4.79 Å². The second-order valence-electron chi connectivity index (χ2n) is 7.27. The van der Waals surface area contributed by atoms with Crippen LogP contribution in [0.1, 0.15) is 19.8 Å². The van der Waals surface area contributed by atoms with Crippen LogP contribution < -0.4 is 10.2 Å². The SMILES string of the molecule is CCC1CN(C(=NC)NCCC(=O)N2CCN(c3ccccc3)CC2)CCS1.I. The molecule has 1 aromatic carbocycles. The first-order chi connectivity index (χ1) is 13.7. The van der Waals surface area contributed by atoms with Crippen LogP contribution in [-0.4, -0.2) is 85.5 Å². The Kier molecular flexibility index (Phi) is 10.4. The van der Waals surface area contributed by atoms with E-state index >= 15 is 0 Å². The Morgan fingerprint density at radius 3 is 2.52 bits per heavy atom. The van der Waals surface area contributed by atoms with Gasteiger partial charge in [0, 0.05) is 76.0 Å². The van der Waals surface area contributed by atoms with Crippen molar-refractivity contribution in [2.24, 2.45) is 4.99 Å². The maximum absolute atomic E-state index is 12.6. The molecule has 2 aliphatic heterocycles. The molecule has 0 spiro atoms. The van der Waals surface area contributed by atoms with E-state index in [2.05, 4.69) is 63.1 Å². The molecular formula is C21H34IN5OS. The first kappa shape index (κ1) is 24.1. The summed E-state index contributed by atoms with van der Waals surface area (Å²) in [6.45, 7) is 8.34. The fourth-order valence-corrected chi connectivity index (χ4v) is 4.96. The van der Waals surface area contributed by atoms with Crippen molar-refractivity contribution in [1.82, 2.24) is 15.1 Å². The number of anilines is 1. The molecule has 0 bridgehead atoms. The number of benzene rings is 1. The largest absolute Gasteiger partial charge is 0.368 e. The van der Waals surface area contributed by atoms with Gasteiger partial charge in [-0.3, -0.25) is 9.79 Å². The molecule has 1 atom stereocenters. The van der Waals surface area contributed by atoms with Gasteiger partial charge in [0.25, 0.3) is 0 Å². The van der Waals surface area contributed by atoms with Crippen LogP contribution in [0.2, 0.25) is 0 Å². The molecule has 2 heterocycles. The number of amides is 1. The Balaban J connectivity index is 0.00000300. The molecule has 2 saturated heterocycles. The molecule has 0 saturated carbocycles. The third-order valence-electron chi connectivity index (χ3n) is 5.48. The molecule has 2 aliphatic rings. The van der Waals surface area contributed by atoms with Gasteiger partial charge in [0.05, 0.1) is 0 Å². The molecule has 3 rings (SSSR count). The average molecular weight is 532 g/mol. The lowest BCUT2D eigenvalue weighted by Gasteiger charge is -2.36. The number of hydrogen-bond donors (Lipinski definition) is 1. The number of nitrogens with one attached hydrogen (secondary N) is 1. The van der Waals surface area contributed by atoms with Crippen LogP contribution in [0, 0.1) is 0 Å². The highest BCUT2D eigenvalue weighted by molar-refractivity contribution is 14.0. The fourth-order valence-electron chi connectivity index (χ4n) is 3.78. The predicted molar refractivity (Wildman–Crippen MR) is 135 cm³/mol. The predicted octanol–water partition coefficient (Wildman–Crippen LogP) is 2.75. The van der Waals surface area contributed by atoms with E-state index < -0.39 is 0 Å². The van der Waals surface area contributed by atoms with E-state index in [1.54, 1.807) is 0 Å². The number of rotatable bonds is 5. The number of guanidine groups is 1. The third kappa shape index (κ3) is 6.94. The number of piperazine rings is 1. The average Bonchev–Trinajstić information content (AvgIpc) is 2.77. The number of para-hydroxylation sites is 1. The minimum absolute atomic E-state index is 0. The molecule has 1 unspecified atom stereocenters. The fraction of sp³-hybridized carbons (Fsp3) is 0.619. The second kappa shape index (κ2) is 12.5. The van der Waals surface area contributed by atoms with Crippen LogP contribution in [0.3, 0.4) is 0 Å².